The van der Waals surface area contributed by atoms with E-state index in [0.717, 1.165) is 20.2 Å². The lowest BCUT2D eigenvalue weighted by Gasteiger charge is -2.42. The van der Waals surface area contributed by atoms with Crippen molar-refractivity contribution in [3.63, 3.8) is 0 Å². The monoisotopic (exact) mass is 491 g/mol. The lowest BCUT2D eigenvalue weighted by atomic mass is 9.83. The summed E-state index contributed by atoms with van der Waals surface area (Å²) < 4.78 is 109. The lowest BCUT2D eigenvalue weighted by molar-refractivity contribution is -0.664. The fourth-order valence-corrected chi connectivity index (χ4v) is 5.41. The van der Waals surface area contributed by atoms with Crippen molar-refractivity contribution in [2.24, 2.45) is 10.7 Å². The van der Waals surface area contributed by atoms with Gasteiger partial charge in [0.05, 0.1) is 30.9 Å². The molecule has 1 aliphatic carbocycles. The van der Waals surface area contributed by atoms with Crippen LogP contribution in [0, 0.1) is 12.3 Å². The van der Waals surface area contributed by atoms with Crippen LogP contribution in [0.2, 0.25) is 0 Å². The average molecular weight is 491 g/mol. The number of rotatable bonds is 2. The molecule has 0 bridgehead atoms. The highest BCUT2D eigenvalue weighted by Gasteiger charge is 2.63. The van der Waals surface area contributed by atoms with E-state index in [0.29, 0.717) is 24.4 Å². The number of allylic oxidation sites excluding steroid dienone is 4. The van der Waals surface area contributed by atoms with Crippen LogP contribution >= 0.6 is 0 Å². The molecular formula is C20H17F6N4O2S+. The minimum absolute atomic E-state index is 0.321. The van der Waals surface area contributed by atoms with E-state index >= 15 is 8.78 Å². The third-order valence-electron chi connectivity index (χ3n) is 5.38. The van der Waals surface area contributed by atoms with Crippen LogP contribution in [0.5, 0.6) is 0 Å². The van der Waals surface area contributed by atoms with Crippen molar-refractivity contribution in [1.29, 1.82) is 0 Å². The summed E-state index contributed by atoms with van der Waals surface area (Å²) >= 11 is 0. The van der Waals surface area contributed by atoms with Crippen LogP contribution in [-0.4, -0.2) is 42.9 Å². The van der Waals surface area contributed by atoms with Gasteiger partial charge in [-0.15, -0.1) is 6.42 Å². The molecule has 1 aromatic rings. The maximum Gasteiger partial charge on any atom is 0.417 e. The number of terminal acetylenes is 1. The fourth-order valence-electron chi connectivity index (χ4n) is 3.47. The first-order valence-corrected chi connectivity index (χ1v) is 10.7. The van der Waals surface area contributed by atoms with E-state index in [1.54, 1.807) is 0 Å². The van der Waals surface area contributed by atoms with Gasteiger partial charge in [0.15, 0.2) is 10.8 Å². The predicted molar refractivity (Wildman–Crippen MR) is 107 cm³/mol. The molecule has 1 aromatic heterocycles. The first-order valence-electron chi connectivity index (χ1n) is 9.16. The summed E-state index contributed by atoms with van der Waals surface area (Å²) in [5.74, 6) is -2.73. The zero-order chi connectivity index (χ0) is 25.0. The van der Waals surface area contributed by atoms with Gasteiger partial charge in [-0.3, -0.25) is 4.98 Å². The predicted octanol–water partition coefficient (Wildman–Crippen LogP) is 3.58. The number of halogens is 6. The van der Waals surface area contributed by atoms with E-state index in [2.05, 4.69) is 9.98 Å². The number of hydrogen-bond donors (Lipinski definition) is 1. The molecule has 0 spiro atoms. The minimum Gasteiger partial charge on any atom is -0.337 e. The molecule has 13 heteroatoms. The van der Waals surface area contributed by atoms with Gasteiger partial charge in [0, 0.05) is 18.7 Å². The van der Waals surface area contributed by atoms with Gasteiger partial charge in [-0.05, 0) is 18.2 Å². The Hall–Kier alpha value is -3.11. The molecular weight excluding hydrogens is 474 g/mol. The number of pyridine rings is 1. The molecule has 2 N–H and O–H groups in total. The van der Waals surface area contributed by atoms with Gasteiger partial charge in [0.2, 0.25) is 0 Å². The molecule has 33 heavy (non-hydrogen) atoms. The molecule has 2 heterocycles. The standard InChI is InChI=1S/C20H17F6N4O2S/c1-4-19(16-13(22)7-6-12(21)9-14(16)23)17(33(31,32)30(2,3)18(27)29-19)15-8-5-11(10-28-15)20(24,25)26/h1,5,7-10,17H,6H2,2-3H3,(H2,27,29)/q+1. The van der Waals surface area contributed by atoms with Crippen LogP contribution in [0.25, 0.3) is 0 Å². The minimum atomic E-state index is -4.79. The fraction of sp³-hybridized carbons (Fsp3) is 0.300. The molecule has 2 unspecified atom stereocenters. The lowest BCUT2D eigenvalue weighted by Crippen LogP contribution is -2.63. The van der Waals surface area contributed by atoms with Crippen LogP contribution in [0.3, 0.4) is 0 Å². The molecule has 3 rings (SSSR count). The van der Waals surface area contributed by atoms with Crippen molar-refractivity contribution in [3.8, 4) is 12.3 Å². The molecule has 1 aliphatic heterocycles. The van der Waals surface area contributed by atoms with E-state index in [1.807, 2.05) is 5.92 Å². The summed E-state index contributed by atoms with van der Waals surface area (Å²) in [6.07, 6.45) is 1.45. The molecule has 6 nitrogen and oxygen atoms in total. The molecule has 2 aliphatic rings. The molecule has 2 atom stereocenters. The summed E-state index contributed by atoms with van der Waals surface area (Å²) in [5.41, 5.74) is 0.224. The third-order valence-corrected chi connectivity index (χ3v) is 8.01. The summed E-state index contributed by atoms with van der Waals surface area (Å²) in [4.78, 5) is 7.55. The summed E-state index contributed by atoms with van der Waals surface area (Å²) in [6.45, 7) is 0. The van der Waals surface area contributed by atoms with Crippen LogP contribution < -0.4 is 5.73 Å². The Bertz CT molecular complexity index is 1270. The summed E-state index contributed by atoms with van der Waals surface area (Å²) in [6, 6.07) is 1.27. The number of guanidine groups is 1. The second-order valence-electron chi connectivity index (χ2n) is 7.67. The Morgan fingerprint density at radius 3 is 2.39 bits per heavy atom. The SMILES string of the molecule is C#CC1(C2=C(F)C=C(F)CC=C2F)N=C(N)[N+](C)(C)S(=O)(=O)C1c1ccc(C(F)(F)F)cn1. The van der Waals surface area contributed by atoms with E-state index in [4.69, 9.17) is 12.2 Å². The highest BCUT2D eigenvalue weighted by Crippen LogP contribution is 2.50. The van der Waals surface area contributed by atoms with Crippen LogP contribution in [-0.2, 0) is 16.2 Å². The first-order chi connectivity index (χ1) is 15.1. The first kappa shape index (κ1) is 24.5. The largest absolute Gasteiger partial charge is 0.417 e. The smallest absolute Gasteiger partial charge is 0.337 e. The van der Waals surface area contributed by atoms with Crippen molar-refractivity contribution >= 4 is 16.0 Å². The number of aromatic nitrogens is 1. The Labute approximate surface area is 185 Å². The average Bonchev–Trinajstić information content (AvgIpc) is 2.83. The van der Waals surface area contributed by atoms with Crippen LogP contribution in [0.4, 0.5) is 26.3 Å². The van der Waals surface area contributed by atoms with Gasteiger partial charge in [-0.25, -0.2) is 13.2 Å². The number of sulfonamides is 1. The highest BCUT2D eigenvalue weighted by molar-refractivity contribution is 7.86. The quantitative estimate of drug-likeness (QED) is 0.389. The van der Waals surface area contributed by atoms with Gasteiger partial charge >= 0.3 is 22.2 Å². The molecule has 0 saturated carbocycles. The van der Waals surface area contributed by atoms with Crippen molar-refractivity contribution < 1.29 is 38.6 Å². The van der Waals surface area contributed by atoms with Crippen LogP contribution in [0.15, 0.2) is 58.5 Å². The molecule has 0 fully saturated rings. The number of aliphatic imine (C=N–C) groups is 1. The maximum absolute atomic E-state index is 15.0. The van der Waals surface area contributed by atoms with E-state index in [9.17, 15) is 26.0 Å². The van der Waals surface area contributed by atoms with Gasteiger partial charge in [0.1, 0.15) is 17.5 Å². The second kappa shape index (κ2) is 7.74. The molecule has 0 aromatic carbocycles. The third kappa shape index (κ3) is 3.72. The highest BCUT2D eigenvalue weighted by atomic mass is 32.2. The zero-order valence-electron chi connectivity index (χ0n) is 17.2. The van der Waals surface area contributed by atoms with E-state index < -0.39 is 77.6 Å². The van der Waals surface area contributed by atoms with Crippen molar-refractivity contribution in [2.75, 3.05) is 14.1 Å². The maximum atomic E-state index is 15.0. The molecule has 0 amide bonds. The number of quaternary nitrogens is 1. The van der Waals surface area contributed by atoms with Crippen molar-refractivity contribution in [1.82, 2.24) is 4.98 Å². The summed E-state index contributed by atoms with van der Waals surface area (Å²) in [7, 11) is -2.52. The Morgan fingerprint density at radius 1 is 1.24 bits per heavy atom. The van der Waals surface area contributed by atoms with Gasteiger partial charge in [0.25, 0.3) is 0 Å². The number of hydrogen-bond acceptors (Lipinski definition) is 5. The Balaban J connectivity index is 2.44. The van der Waals surface area contributed by atoms with Gasteiger partial charge < -0.3 is 5.73 Å². The van der Waals surface area contributed by atoms with Gasteiger partial charge in [-0.2, -0.15) is 30.5 Å². The Kier molecular flexibility index (Phi) is 5.75. The number of alkyl halides is 3. The molecule has 0 saturated heterocycles. The summed E-state index contributed by atoms with van der Waals surface area (Å²) in [5, 5.41) is -2.17. The second-order valence-corrected chi connectivity index (χ2v) is 10.1. The van der Waals surface area contributed by atoms with Crippen molar-refractivity contribution in [2.45, 2.75) is 23.4 Å². The molecule has 0 radical (unpaired) electrons. The topological polar surface area (TPSA) is 85.4 Å². The van der Waals surface area contributed by atoms with E-state index in [-0.39, 0.29) is 0 Å². The van der Waals surface area contributed by atoms with Crippen LogP contribution in [0.1, 0.15) is 22.9 Å². The normalized spacial score (nSPS) is 27.1. The number of nitrogens with zero attached hydrogens (tertiary/aromatic N) is 3. The van der Waals surface area contributed by atoms with Crippen molar-refractivity contribution in [3.05, 3.63) is 64.8 Å². The zero-order valence-corrected chi connectivity index (χ0v) is 18.0. The molecule has 176 valence electrons. The number of nitrogens with two attached hydrogens (primary N) is 1. The Morgan fingerprint density at radius 2 is 1.88 bits per heavy atom. The van der Waals surface area contributed by atoms with Gasteiger partial charge in [-0.1, -0.05) is 5.92 Å². The van der Waals surface area contributed by atoms with E-state index in [1.165, 1.54) is 0 Å².